The molecule has 0 saturated carbocycles. The third kappa shape index (κ3) is 3.67. The van der Waals surface area contributed by atoms with Gasteiger partial charge in [0, 0.05) is 29.8 Å². The normalized spacial score (nSPS) is 14.4. The molecule has 0 radical (unpaired) electrons. The van der Waals surface area contributed by atoms with Gasteiger partial charge in [0.05, 0.1) is 4.75 Å². The van der Waals surface area contributed by atoms with Crippen LogP contribution in [0.4, 0.5) is 0 Å². The van der Waals surface area contributed by atoms with E-state index in [1.807, 2.05) is 0 Å². The summed E-state index contributed by atoms with van der Waals surface area (Å²) < 4.78 is 28.0. The summed E-state index contributed by atoms with van der Waals surface area (Å²) in [4.78, 5) is 11.6. The van der Waals surface area contributed by atoms with E-state index >= 15 is 0 Å². The second kappa shape index (κ2) is 5.38. The highest BCUT2D eigenvalue weighted by atomic mass is 79.9. The summed E-state index contributed by atoms with van der Waals surface area (Å²) in [5.74, 6) is 0. The summed E-state index contributed by atoms with van der Waals surface area (Å²) in [7, 11) is -1.82. The Morgan fingerprint density at radius 3 is 2.37 bits per heavy atom. The maximum Gasteiger partial charge on any atom is 0.250 e. The van der Waals surface area contributed by atoms with Crippen LogP contribution in [0, 0.1) is 0 Å². The van der Waals surface area contributed by atoms with E-state index < -0.39 is 20.8 Å². The third-order valence-corrected chi connectivity index (χ3v) is 5.75. The van der Waals surface area contributed by atoms with Crippen LogP contribution >= 0.6 is 15.9 Å². The fraction of sp³-hybridized carbons (Fsp3) is 0.583. The van der Waals surface area contributed by atoms with Crippen molar-refractivity contribution in [1.82, 2.24) is 9.29 Å². The van der Waals surface area contributed by atoms with Gasteiger partial charge in [0.15, 0.2) is 0 Å². The SMILES string of the molecule is C[C@H](NS(=O)(=O)C(C)(C)C)c1cc(=O)n(C)cc1Br. The standard InChI is InChI=1S/C12H19BrN2O3S/c1-8(14-19(17,18)12(2,3)4)9-6-11(16)15(5)7-10(9)13/h6-8,14H,1-5H3/t8-/m0/s1. The fourth-order valence-electron chi connectivity index (χ4n) is 1.42. The molecule has 108 valence electrons. The fourth-order valence-corrected chi connectivity index (χ4v) is 3.13. The number of nitrogens with one attached hydrogen (secondary N) is 1. The summed E-state index contributed by atoms with van der Waals surface area (Å²) in [6, 6.07) is 0.951. The van der Waals surface area contributed by atoms with E-state index in [1.54, 1.807) is 40.9 Å². The van der Waals surface area contributed by atoms with Crippen LogP contribution < -0.4 is 10.3 Å². The maximum absolute atomic E-state index is 12.1. The van der Waals surface area contributed by atoms with Gasteiger partial charge in [0.1, 0.15) is 0 Å². The van der Waals surface area contributed by atoms with Gasteiger partial charge in [-0.05, 0) is 49.2 Å². The van der Waals surface area contributed by atoms with Crippen LogP contribution in [0.3, 0.4) is 0 Å². The van der Waals surface area contributed by atoms with Crippen molar-refractivity contribution in [2.45, 2.75) is 38.5 Å². The molecule has 1 aromatic rings. The first-order valence-corrected chi connectivity index (χ1v) is 8.11. The summed E-state index contributed by atoms with van der Waals surface area (Å²) in [5.41, 5.74) is 0.441. The van der Waals surface area contributed by atoms with E-state index in [0.29, 0.717) is 10.0 Å². The van der Waals surface area contributed by atoms with E-state index in [4.69, 9.17) is 0 Å². The number of halogens is 1. The number of rotatable bonds is 3. The zero-order valence-corrected chi connectivity index (χ0v) is 14.1. The Kier molecular flexibility index (Phi) is 4.64. The van der Waals surface area contributed by atoms with Crippen molar-refractivity contribution >= 4 is 26.0 Å². The lowest BCUT2D eigenvalue weighted by molar-refractivity contribution is 0.531. The Balaban J connectivity index is 3.13. The van der Waals surface area contributed by atoms with Crippen molar-refractivity contribution in [2.24, 2.45) is 7.05 Å². The van der Waals surface area contributed by atoms with Crippen molar-refractivity contribution in [2.75, 3.05) is 0 Å². The molecular weight excluding hydrogens is 332 g/mol. The molecule has 1 rings (SSSR count). The van der Waals surface area contributed by atoms with Crippen molar-refractivity contribution in [1.29, 1.82) is 0 Å². The van der Waals surface area contributed by atoms with Crippen LogP contribution in [-0.2, 0) is 17.1 Å². The van der Waals surface area contributed by atoms with Crippen LogP contribution in [-0.4, -0.2) is 17.7 Å². The van der Waals surface area contributed by atoms with Crippen LogP contribution in [0.2, 0.25) is 0 Å². The number of aromatic nitrogens is 1. The average Bonchev–Trinajstić information content (AvgIpc) is 2.20. The van der Waals surface area contributed by atoms with Gasteiger partial charge in [-0.15, -0.1) is 0 Å². The van der Waals surface area contributed by atoms with Gasteiger partial charge < -0.3 is 4.57 Å². The van der Waals surface area contributed by atoms with Crippen molar-refractivity contribution in [3.8, 4) is 0 Å². The van der Waals surface area contributed by atoms with Crippen LogP contribution in [0.25, 0.3) is 0 Å². The number of sulfonamides is 1. The molecule has 19 heavy (non-hydrogen) atoms. The number of nitrogens with zero attached hydrogens (tertiary/aromatic N) is 1. The molecule has 0 fully saturated rings. The molecule has 7 heteroatoms. The lowest BCUT2D eigenvalue weighted by atomic mass is 10.1. The quantitative estimate of drug-likeness (QED) is 0.905. The van der Waals surface area contributed by atoms with Crippen LogP contribution in [0.5, 0.6) is 0 Å². The van der Waals surface area contributed by atoms with E-state index in [0.717, 1.165) is 0 Å². The molecule has 1 N–H and O–H groups in total. The predicted molar refractivity (Wildman–Crippen MR) is 79.6 cm³/mol. The topological polar surface area (TPSA) is 68.2 Å². The molecule has 1 atom stereocenters. The van der Waals surface area contributed by atoms with Gasteiger partial charge in [0.2, 0.25) is 10.0 Å². The molecule has 0 saturated heterocycles. The first kappa shape index (κ1) is 16.4. The zero-order chi connectivity index (χ0) is 15.0. The Morgan fingerprint density at radius 2 is 1.89 bits per heavy atom. The van der Waals surface area contributed by atoms with Crippen molar-refractivity contribution in [3.05, 3.63) is 32.7 Å². The second-order valence-corrected chi connectivity index (χ2v) is 8.80. The lowest BCUT2D eigenvalue weighted by Crippen LogP contribution is -2.40. The molecule has 0 aromatic carbocycles. The molecule has 5 nitrogen and oxygen atoms in total. The smallest absolute Gasteiger partial charge is 0.250 e. The van der Waals surface area contributed by atoms with Gasteiger partial charge >= 0.3 is 0 Å². The number of hydrogen-bond acceptors (Lipinski definition) is 3. The summed E-state index contributed by atoms with van der Waals surface area (Å²) in [6.45, 7) is 6.59. The molecule has 0 spiro atoms. The van der Waals surface area contributed by atoms with E-state index in [9.17, 15) is 13.2 Å². The minimum atomic E-state index is -3.46. The van der Waals surface area contributed by atoms with Crippen LogP contribution in [0.1, 0.15) is 39.3 Å². The van der Waals surface area contributed by atoms with E-state index in [2.05, 4.69) is 20.7 Å². The highest BCUT2D eigenvalue weighted by molar-refractivity contribution is 9.10. The summed E-state index contributed by atoms with van der Waals surface area (Å²) in [5, 5.41) is 0. The molecule has 0 amide bonds. The molecule has 0 unspecified atom stereocenters. The largest absolute Gasteiger partial charge is 0.317 e. The third-order valence-electron chi connectivity index (χ3n) is 2.81. The Morgan fingerprint density at radius 1 is 1.37 bits per heavy atom. The lowest BCUT2D eigenvalue weighted by Gasteiger charge is -2.24. The number of hydrogen-bond donors (Lipinski definition) is 1. The van der Waals surface area contributed by atoms with Gasteiger partial charge in [-0.3, -0.25) is 4.79 Å². The van der Waals surface area contributed by atoms with Crippen molar-refractivity contribution < 1.29 is 8.42 Å². The molecule has 0 aliphatic rings. The average molecular weight is 351 g/mol. The predicted octanol–water partition coefficient (Wildman–Crippen LogP) is 1.93. The molecule has 0 bridgehead atoms. The van der Waals surface area contributed by atoms with Gasteiger partial charge in [-0.2, -0.15) is 0 Å². The second-order valence-electron chi connectivity index (χ2n) is 5.48. The highest BCUT2D eigenvalue weighted by Gasteiger charge is 2.30. The summed E-state index contributed by atoms with van der Waals surface area (Å²) in [6.07, 6.45) is 1.62. The van der Waals surface area contributed by atoms with E-state index in [-0.39, 0.29) is 5.56 Å². The molecule has 0 aliphatic heterocycles. The van der Waals surface area contributed by atoms with Crippen LogP contribution in [0.15, 0.2) is 21.5 Å². The maximum atomic E-state index is 12.1. The Bertz CT molecular complexity index is 629. The Labute approximate surface area is 122 Å². The van der Waals surface area contributed by atoms with Gasteiger partial charge in [0.25, 0.3) is 5.56 Å². The highest BCUT2D eigenvalue weighted by Crippen LogP contribution is 2.24. The minimum Gasteiger partial charge on any atom is -0.317 e. The molecule has 1 aromatic heterocycles. The van der Waals surface area contributed by atoms with Gasteiger partial charge in [-0.25, -0.2) is 13.1 Å². The zero-order valence-electron chi connectivity index (χ0n) is 11.7. The molecule has 1 heterocycles. The monoisotopic (exact) mass is 350 g/mol. The minimum absolute atomic E-state index is 0.181. The number of aryl methyl sites for hydroxylation is 1. The van der Waals surface area contributed by atoms with Crippen molar-refractivity contribution in [3.63, 3.8) is 0 Å². The molecular formula is C12H19BrN2O3S. The van der Waals surface area contributed by atoms with Gasteiger partial charge in [-0.1, -0.05) is 0 Å². The molecule has 0 aliphatic carbocycles. The Hall–Kier alpha value is -0.660. The van der Waals surface area contributed by atoms with E-state index in [1.165, 1.54) is 10.6 Å². The first-order chi connectivity index (χ1) is 8.45. The summed E-state index contributed by atoms with van der Waals surface area (Å²) >= 11 is 3.35. The number of pyridine rings is 1. The first-order valence-electron chi connectivity index (χ1n) is 5.83.